The maximum absolute atomic E-state index is 12.6. The van der Waals surface area contributed by atoms with Gasteiger partial charge in [0.25, 0.3) is 0 Å². The van der Waals surface area contributed by atoms with Gasteiger partial charge in [0.1, 0.15) is 0 Å². The van der Waals surface area contributed by atoms with Gasteiger partial charge in [0.15, 0.2) is 11.5 Å². The molecule has 2 aliphatic rings. The SMILES string of the molecule is COc1cc2c(cc1OC)CCN(C(=O)C1CCCN1)CC2. The molecule has 120 valence electrons. The topological polar surface area (TPSA) is 50.8 Å². The number of methoxy groups -OCH3 is 2. The van der Waals surface area contributed by atoms with E-state index in [1.165, 1.54) is 11.1 Å². The van der Waals surface area contributed by atoms with Crippen molar-refractivity contribution in [2.45, 2.75) is 31.7 Å². The standard InChI is InChI=1S/C17H24N2O3/c1-21-15-10-12-5-8-19(17(20)14-4-3-7-18-14)9-6-13(12)11-16(15)22-2/h10-11,14,18H,3-9H2,1-2H3. The quantitative estimate of drug-likeness (QED) is 0.917. The number of nitrogens with zero attached hydrogens (tertiary/aromatic N) is 1. The second kappa shape index (κ2) is 6.57. The number of hydrogen-bond donors (Lipinski definition) is 1. The summed E-state index contributed by atoms with van der Waals surface area (Å²) >= 11 is 0. The van der Waals surface area contributed by atoms with Gasteiger partial charge in [-0.05, 0) is 55.5 Å². The van der Waals surface area contributed by atoms with E-state index in [1.54, 1.807) is 14.2 Å². The summed E-state index contributed by atoms with van der Waals surface area (Å²) in [6.07, 6.45) is 3.80. The molecule has 3 rings (SSSR count). The highest BCUT2D eigenvalue weighted by Gasteiger charge is 2.28. The first kappa shape index (κ1) is 15.2. The van der Waals surface area contributed by atoms with Gasteiger partial charge in [0.05, 0.1) is 20.3 Å². The smallest absolute Gasteiger partial charge is 0.239 e. The largest absolute Gasteiger partial charge is 0.493 e. The highest BCUT2D eigenvalue weighted by molar-refractivity contribution is 5.82. The van der Waals surface area contributed by atoms with E-state index in [4.69, 9.17) is 9.47 Å². The van der Waals surface area contributed by atoms with Crippen LogP contribution >= 0.6 is 0 Å². The van der Waals surface area contributed by atoms with Gasteiger partial charge in [-0.2, -0.15) is 0 Å². The minimum atomic E-state index is 0.0188. The Morgan fingerprint density at radius 2 is 1.73 bits per heavy atom. The summed E-state index contributed by atoms with van der Waals surface area (Å²) in [6, 6.07) is 4.12. The van der Waals surface area contributed by atoms with Crippen LogP contribution in [0.3, 0.4) is 0 Å². The maximum Gasteiger partial charge on any atom is 0.239 e. The summed E-state index contributed by atoms with van der Waals surface area (Å²) in [7, 11) is 3.31. The normalized spacial score (nSPS) is 21.2. The van der Waals surface area contributed by atoms with E-state index in [-0.39, 0.29) is 11.9 Å². The first-order chi connectivity index (χ1) is 10.7. The van der Waals surface area contributed by atoms with Crippen molar-refractivity contribution in [3.63, 3.8) is 0 Å². The van der Waals surface area contributed by atoms with E-state index >= 15 is 0 Å². The fourth-order valence-electron chi connectivity index (χ4n) is 3.39. The molecule has 0 aliphatic carbocycles. The van der Waals surface area contributed by atoms with Crippen molar-refractivity contribution < 1.29 is 14.3 Å². The molecule has 0 spiro atoms. The van der Waals surface area contributed by atoms with Crippen molar-refractivity contribution in [3.8, 4) is 11.5 Å². The second-order valence-electron chi connectivity index (χ2n) is 5.95. The number of nitrogens with one attached hydrogen (secondary N) is 1. The zero-order valence-electron chi connectivity index (χ0n) is 13.4. The van der Waals surface area contributed by atoms with Gasteiger partial charge in [-0.3, -0.25) is 4.79 Å². The van der Waals surface area contributed by atoms with Gasteiger partial charge in [-0.15, -0.1) is 0 Å². The molecule has 0 aromatic heterocycles. The van der Waals surface area contributed by atoms with Crippen LogP contribution in [0, 0.1) is 0 Å². The number of rotatable bonds is 3. The fourth-order valence-corrected chi connectivity index (χ4v) is 3.39. The van der Waals surface area contributed by atoms with Crippen molar-refractivity contribution in [2.75, 3.05) is 33.9 Å². The van der Waals surface area contributed by atoms with Crippen LogP contribution in [0.5, 0.6) is 11.5 Å². The molecule has 1 unspecified atom stereocenters. The molecule has 0 saturated carbocycles. The Morgan fingerprint density at radius 3 is 2.18 bits per heavy atom. The zero-order valence-corrected chi connectivity index (χ0v) is 13.4. The van der Waals surface area contributed by atoms with Crippen LogP contribution in [0.4, 0.5) is 0 Å². The highest BCUT2D eigenvalue weighted by Crippen LogP contribution is 2.32. The molecule has 2 aliphatic heterocycles. The van der Waals surface area contributed by atoms with Crippen LogP contribution in [-0.2, 0) is 17.6 Å². The molecule has 5 heteroatoms. The minimum absolute atomic E-state index is 0.0188. The predicted octanol–water partition coefficient (Wildman–Crippen LogP) is 1.38. The Hall–Kier alpha value is -1.75. The molecule has 2 heterocycles. The molecular formula is C17H24N2O3. The molecule has 5 nitrogen and oxygen atoms in total. The average Bonchev–Trinajstić information content (AvgIpc) is 3.00. The number of carbonyl (C=O) groups excluding carboxylic acids is 1. The first-order valence-electron chi connectivity index (χ1n) is 7.99. The average molecular weight is 304 g/mol. The lowest BCUT2D eigenvalue weighted by molar-refractivity contribution is -0.132. The van der Waals surface area contributed by atoms with Gasteiger partial charge in [-0.25, -0.2) is 0 Å². The van der Waals surface area contributed by atoms with Crippen molar-refractivity contribution in [1.29, 1.82) is 0 Å². The van der Waals surface area contributed by atoms with E-state index in [0.29, 0.717) is 0 Å². The third-order valence-corrected chi connectivity index (χ3v) is 4.68. The summed E-state index contributed by atoms with van der Waals surface area (Å²) in [5.41, 5.74) is 2.51. The minimum Gasteiger partial charge on any atom is -0.493 e. The number of fused-ring (bicyclic) bond motifs is 1. The molecule has 0 radical (unpaired) electrons. The summed E-state index contributed by atoms with van der Waals surface area (Å²) in [6.45, 7) is 2.51. The molecule has 1 aromatic carbocycles. The Bertz CT molecular complexity index is 518. The molecule has 1 amide bonds. The van der Waals surface area contributed by atoms with E-state index < -0.39 is 0 Å². The Kier molecular flexibility index (Phi) is 4.52. The van der Waals surface area contributed by atoms with Gasteiger partial charge in [0, 0.05) is 13.1 Å². The summed E-state index contributed by atoms with van der Waals surface area (Å²) in [5, 5.41) is 3.30. The van der Waals surface area contributed by atoms with Gasteiger partial charge >= 0.3 is 0 Å². The first-order valence-corrected chi connectivity index (χ1v) is 7.99. The van der Waals surface area contributed by atoms with Crippen LogP contribution in [0.25, 0.3) is 0 Å². The van der Waals surface area contributed by atoms with Crippen molar-refractivity contribution in [3.05, 3.63) is 23.3 Å². The molecule has 0 bridgehead atoms. The van der Waals surface area contributed by atoms with Crippen molar-refractivity contribution in [2.24, 2.45) is 0 Å². The molecule has 1 N–H and O–H groups in total. The van der Waals surface area contributed by atoms with E-state index in [9.17, 15) is 4.79 Å². The van der Waals surface area contributed by atoms with Gasteiger partial charge < -0.3 is 19.7 Å². The van der Waals surface area contributed by atoms with Crippen LogP contribution in [0.1, 0.15) is 24.0 Å². The molecule has 1 aromatic rings. The lowest BCUT2D eigenvalue weighted by Gasteiger charge is -2.23. The molecular weight excluding hydrogens is 280 g/mol. The maximum atomic E-state index is 12.6. The monoisotopic (exact) mass is 304 g/mol. The van der Waals surface area contributed by atoms with Crippen LogP contribution in [0.15, 0.2) is 12.1 Å². The van der Waals surface area contributed by atoms with Gasteiger partial charge in [0.2, 0.25) is 5.91 Å². The Balaban J connectivity index is 1.75. The third-order valence-electron chi connectivity index (χ3n) is 4.68. The number of benzene rings is 1. The molecule has 22 heavy (non-hydrogen) atoms. The predicted molar refractivity (Wildman–Crippen MR) is 84.6 cm³/mol. The molecule has 1 fully saturated rings. The summed E-state index contributed by atoms with van der Waals surface area (Å²) in [5.74, 6) is 1.78. The lowest BCUT2D eigenvalue weighted by atomic mass is 10.0. The molecule has 1 atom stereocenters. The van der Waals surface area contributed by atoms with Crippen molar-refractivity contribution >= 4 is 5.91 Å². The van der Waals surface area contributed by atoms with Gasteiger partial charge in [-0.1, -0.05) is 0 Å². The number of carbonyl (C=O) groups is 1. The van der Waals surface area contributed by atoms with Crippen LogP contribution in [0.2, 0.25) is 0 Å². The number of ether oxygens (including phenoxy) is 2. The Morgan fingerprint density at radius 1 is 1.14 bits per heavy atom. The summed E-state index contributed by atoms with van der Waals surface area (Å²) < 4.78 is 10.8. The zero-order chi connectivity index (χ0) is 15.5. The number of amides is 1. The van der Waals surface area contributed by atoms with Crippen molar-refractivity contribution in [1.82, 2.24) is 10.2 Å². The summed E-state index contributed by atoms with van der Waals surface area (Å²) in [4.78, 5) is 14.6. The molecule has 1 saturated heterocycles. The second-order valence-corrected chi connectivity index (χ2v) is 5.95. The number of hydrogen-bond acceptors (Lipinski definition) is 4. The van der Waals surface area contributed by atoms with E-state index in [1.807, 2.05) is 4.90 Å². The fraction of sp³-hybridized carbons (Fsp3) is 0.588. The lowest BCUT2D eigenvalue weighted by Crippen LogP contribution is -2.44. The van der Waals surface area contributed by atoms with E-state index in [2.05, 4.69) is 17.4 Å². The highest BCUT2D eigenvalue weighted by atomic mass is 16.5. The van der Waals surface area contributed by atoms with Crippen LogP contribution < -0.4 is 14.8 Å². The van der Waals surface area contributed by atoms with E-state index in [0.717, 1.165) is 56.8 Å². The Labute approximate surface area is 131 Å². The third kappa shape index (κ3) is 2.90. The van der Waals surface area contributed by atoms with Crippen LogP contribution in [-0.4, -0.2) is 50.7 Å².